The average Bonchev–Trinajstić information content (AvgIpc) is 2.81. The standard InChI is InChI=1S/C25H25NO4/c27-23(19-30-24(28)17-10-18-29-22-15-8-3-9-16-22)26-25(20-11-4-1-5-12-20)21-13-6-2-7-14-21/h1-9,11-16,25H,10,17-19H2,(H,26,27). The van der Waals surface area contributed by atoms with Gasteiger partial charge in [-0.15, -0.1) is 0 Å². The summed E-state index contributed by atoms with van der Waals surface area (Å²) in [7, 11) is 0. The van der Waals surface area contributed by atoms with Gasteiger partial charge in [0, 0.05) is 6.42 Å². The molecule has 0 unspecified atom stereocenters. The first-order chi connectivity index (χ1) is 14.7. The number of nitrogens with one attached hydrogen (secondary N) is 1. The molecule has 0 atom stereocenters. The number of carbonyl (C=O) groups excluding carboxylic acids is 2. The van der Waals surface area contributed by atoms with Crippen LogP contribution in [0, 0.1) is 0 Å². The molecule has 154 valence electrons. The Morgan fingerprint density at radius 3 is 1.87 bits per heavy atom. The predicted octanol–water partition coefficient (Wildman–Crippen LogP) is 4.29. The van der Waals surface area contributed by atoms with Crippen LogP contribution >= 0.6 is 0 Å². The first-order valence-electron chi connectivity index (χ1n) is 9.95. The second-order valence-corrected chi connectivity index (χ2v) is 6.75. The Bertz CT molecular complexity index is 874. The topological polar surface area (TPSA) is 64.6 Å². The third kappa shape index (κ3) is 6.78. The monoisotopic (exact) mass is 403 g/mol. The van der Waals surface area contributed by atoms with Crippen molar-refractivity contribution < 1.29 is 19.1 Å². The maximum atomic E-state index is 12.4. The molecule has 0 saturated carbocycles. The molecule has 3 aromatic carbocycles. The van der Waals surface area contributed by atoms with Crippen molar-refractivity contribution in [2.45, 2.75) is 18.9 Å². The van der Waals surface area contributed by atoms with Crippen LogP contribution in [0.3, 0.4) is 0 Å². The highest BCUT2D eigenvalue weighted by Crippen LogP contribution is 2.21. The molecule has 0 aromatic heterocycles. The molecule has 1 N–H and O–H groups in total. The minimum absolute atomic E-state index is 0.195. The molecule has 0 heterocycles. The van der Waals surface area contributed by atoms with Crippen LogP contribution < -0.4 is 10.1 Å². The Labute approximate surface area is 176 Å². The van der Waals surface area contributed by atoms with Crippen LogP contribution in [0.1, 0.15) is 30.0 Å². The summed E-state index contributed by atoms with van der Waals surface area (Å²) in [5.74, 6) is -0.00233. The lowest BCUT2D eigenvalue weighted by Gasteiger charge is -2.20. The highest BCUT2D eigenvalue weighted by Gasteiger charge is 2.17. The number of ether oxygens (including phenoxy) is 2. The Morgan fingerprint density at radius 1 is 0.767 bits per heavy atom. The van der Waals surface area contributed by atoms with Gasteiger partial charge in [-0.25, -0.2) is 0 Å². The largest absolute Gasteiger partial charge is 0.494 e. The highest BCUT2D eigenvalue weighted by atomic mass is 16.5. The van der Waals surface area contributed by atoms with Gasteiger partial charge >= 0.3 is 5.97 Å². The molecule has 1 amide bonds. The zero-order valence-electron chi connectivity index (χ0n) is 16.7. The van der Waals surface area contributed by atoms with Gasteiger partial charge in [0.05, 0.1) is 12.6 Å². The van der Waals surface area contributed by atoms with Crippen LogP contribution in [-0.2, 0) is 14.3 Å². The third-order valence-corrected chi connectivity index (χ3v) is 4.47. The van der Waals surface area contributed by atoms with E-state index in [9.17, 15) is 9.59 Å². The number of benzene rings is 3. The van der Waals surface area contributed by atoms with Gasteiger partial charge in [-0.2, -0.15) is 0 Å². The van der Waals surface area contributed by atoms with E-state index in [0.717, 1.165) is 16.9 Å². The van der Waals surface area contributed by atoms with Gasteiger partial charge in [0.15, 0.2) is 6.61 Å². The first kappa shape index (κ1) is 21.1. The molecular formula is C25H25NO4. The minimum atomic E-state index is -0.419. The first-order valence-corrected chi connectivity index (χ1v) is 9.95. The molecule has 0 aliphatic rings. The lowest BCUT2D eigenvalue weighted by Crippen LogP contribution is -2.33. The molecular weight excluding hydrogens is 378 g/mol. The van der Waals surface area contributed by atoms with Crippen molar-refractivity contribution >= 4 is 11.9 Å². The SMILES string of the molecule is O=C(COC(=O)CCCOc1ccccc1)NC(c1ccccc1)c1ccccc1. The van der Waals surface area contributed by atoms with Crippen molar-refractivity contribution in [3.8, 4) is 5.75 Å². The van der Waals surface area contributed by atoms with Gasteiger partial charge in [0.25, 0.3) is 5.91 Å². The molecule has 0 spiro atoms. The molecule has 0 aliphatic carbocycles. The molecule has 0 saturated heterocycles. The van der Waals surface area contributed by atoms with Gasteiger partial charge in [-0.3, -0.25) is 9.59 Å². The van der Waals surface area contributed by atoms with E-state index in [2.05, 4.69) is 5.32 Å². The second-order valence-electron chi connectivity index (χ2n) is 6.75. The van der Waals surface area contributed by atoms with Crippen molar-refractivity contribution in [1.82, 2.24) is 5.32 Å². The fourth-order valence-corrected chi connectivity index (χ4v) is 2.99. The van der Waals surface area contributed by atoms with Crippen LogP contribution in [0.2, 0.25) is 0 Å². The maximum absolute atomic E-state index is 12.4. The van der Waals surface area contributed by atoms with Gasteiger partial charge in [0.2, 0.25) is 0 Å². The smallest absolute Gasteiger partial charge is 0.306 e. The maximum Gasteiger partial charge on any atom is 0.306 e. The quantitative estimate of drug-likeness (QED) is 0.405. The summed E-state index contributed by atoms with van der Waals surface area (Å²) in [5.41, 5.74) is 1.92. The zero-order chi connectivity index (χ0) is 21.0. The van der Waals surface area contributed by atoms with Crippen molar-refractivity contribution in [2.75, 3.05) is 13.2 Å². The number of para-hydroxylation sites is 1. The molecule has 0 aliphatic heterocycles. The zero-order valence-corrected chi connectivity index (χ0v) is 16.7. The summed E-state index contributed by atoms with van der Waals surface area (Å²) in [6, 6.07) is 28.5. The summed E-state index contributed by atoms with van der Waals surface area (Å²) in [5, 5.41) is 2.95. The fourth-order valence-electron chi connectivity index (χ4n) is 2.99. The summed E-state index contributed by atoms with van der Waals surface area (Å²) in [6.07, 6.45) is 0.715. The van der Waals surface area contributed by atoms with E-state index >= 15 is 0 Å². The van der Waals surface area contributed by atoms with E-state index in [1.807, 2.05) is 91.0 Å². The second kappa shape index (κ2) is 11.4. The Morgan fingerprint density at radius 2 is 1.30 bits per heavy atom. The van der Waals surface area contributed by atoms with E-state index in [-0.39, 0.29) is 25.0 Å². The van der Waals surface area contributed by atoms with Gasteiger partial charge in [-0.05, 0) is 29.7 Å². The van der Waals surface area contributed by atoms with E-state index in [1.54, 1.807) is 0 Å². The summed E-state index contributed by atoms with van der Waals surface area (Å²) in [4.78, 5) is 24.3. The molecule has 0 radical (unpaired) electrons. The summed E-state index contributed by atoms with van der Waals surface area (Å²) in [6.45, 7) is 0.101. The summed E-state index contributed by atoms with van der Waals surface area (Å²) >= 11 is 0. The van der Waals surface area contributed by atoms with Crippen LogP contribution in [0.4, 0.5) is 0 Å². The van der Waals surface area contributed by atoms with Crippen LogP contribution in [0.15, 0.2) is 91.0 Å². The highest BCUT2D eigenvalue weighted by molar-refractivity contribution is 5.81. The van der Waals surface area contributed by atoms with Crippen molar-refractivity contribution in [2.24, 2.45) is 0 Å². The van der Waals surface area contributed by atoms with Crippen LogP contribution in [-0.4, -0.2) is 25.1 Å². The van der Waals surface area contributed by atoms with E-state index in [4.69, 9.17) is 9.47 Å². The van der Waals surface area contributed by atoms with Crippen molar-refractivity contribution in [1.29, 1.82) is 0 Å². The van der Waals surface area contributed by atoms with E-state index < -0.39 is 5.97 Å². The number of hydrogen-bond donors (Lipinski definition) is 1. The number of amides is 1. The van der Waals surface area contributed by atoms with E-state index in [0.29, 0.717) is 13.0 Å². The number of rotatable bonds is 10. The predicted molar refractivity (Wildman–Crippen MR) is 115 cm³/mol. The van der Waals surface area contributed by atoms with Crippen molar-refractivity contribution in [3.05, 3.63) is 102 Å². The molecule has 5 heteroatoms. The molecule has 0 fully saturated rings. The van der Waals surface area contributed by atoms with Gasteiger partial charge in [0.1, 0.15) is 5.75 Å². The molecule has 30 heavy (non-hydrogen) atoms. The molecule has 5 nitrogen and oxygen atoms in total. The Balaban J connectivity index is 1.44. The minimum Gasteiger partial charge on any atom is -0.494 e. The fraction of sp³-hybridized carbons (Fsp3) is 0.200. The molecule has 3 aromatic rings. The van der Waals surface area contributed by atoms with Crippen molar-refractivity contribution in [3.63, 3.8) is 0 Å². The van der Waals surface area contributed by atoms with Gasteiger partial charge in [-0.1, -0.05) is 78.9 Å². The average molecular weight is 403 g/mol. The number of carbonyl (C=O) groups is 2. The van der Waals surface area contributed by atoms with Gasteiger partial charge < -0.3 is 14.8 Å². The number of esters is 1. The lowest BCUT2D eigenvalue weighted by molar-refractivity contribution is -0.148. The Hall–Kier alpha value is -3.60. The third-order valence-electron chi connectivity index (χ3n) is 4.47. The normalized spacial score (nSPS) is 10.4. The Kier molecular flexibility index (Phi) is 8.03. The number of hydrogen-bond acceptors (Lipinski definition) is 4. The summed E-state index contributed by atoms with van der Waals surface area (Å²) < 4.78 is 10.7. The molecule has 0 bridgehead atoms. The lowest BCUT2D eigenvalue weighted by atomic mass is 9.99. The van der Waals surface area contributed by atoms with E-state index in [1.165, 1.54) is 0 Å². The van der Waals surface area contributed by atoms with Crippen LogP contribution in [0.5, 0.6) is 5.75 Å². The van der Waals surface area contributed by atoms with Crippen LogP contribution in [0.25, 0.3) is 0 Å². The molecule has 3 rings (SSSR count).